The predicted molar refractivity (Wildman–Crippen MR) is 156 cm³/mol. The molecular weight excluding hydrogens is 533 g/mol. The van der Waals surface area contributed by atoms with Crippen LogP contribution in [0.5, 0.6) is 5.75 Å². The van der Waals surface area contributed by atoms with Crippen molar-refractivity contribution in [1.82, 2.24) is 9.47 Å². The molecule has 0 aliphatic carbocycles. The molecule has 7 nitrogen and oxygen atoms in total. The molecule has 1 N–H and O–H groups in total. The lowest BCUT2D eigenvalue weighted by Gasteiger charge is -2.30. The molecule has 0 bridgehead atoms. The van der Waals surface area contributed by atoms with Crippen molar-refractivity contribution in [1.29, 1.82) is 0 Å². The normalized spacial score (nSPS) is 14.8. The zero-order valence-corrected chi connectivity index (χ0v) is 24.1. The first-order chi connectivity index (χ1) is 19.3. The van der Waals surface area contributed by atoms with Gasteiger partial charge in [0, 0.05) is 17.1 Å². The van der Waals surface area contributed by atoms with Crippen molar-refractivity contribution in [3.05, 3.63) is 54.2 Å². The summed E-state index contributed by atoms with van der Waals surface area (Å²) in [4.78, 5) is 16.7. The van der Waals surface area contributed by atoms with Gasteiger partial charge in [-0.25, -0.2) is 4.79 Å². The molecule has 1 aliphatic rings. The van der Waals surface area contributed by atoms with Crippen LogP contribution in [0, 0.1) is 11.8 Å². The maximum Gasteiger partial charge on any atom is 0.415 e. The molecule has 1 amide bonds. The summed E-state index contributed by atoms with van der Waals surface area (Å²) in [5.41, 5.74) is 1.11. The first-order valence-electron chi connectivity index (χ1n) is 13.6. The van der Waals surface area contributed by atoms with Gasteiger partial charge in [-0.1, -0.05) is 24.1 Å². The van der Waals surface area contributed by atoms with E-state index in [4.69, 9.17) is 9.47 Å². The van der Waals surface area contributed by atoms with Crippen LogP contribution in [0.4, 0.5) is 29.3 Å². The fourth-order valence-electron chi connectivity index (χ4n) is 4.86. The first kappa shape index (κ1) is 30.1. The maximum atomic E-state index is 13.7. The highest BCUT2D eigenvalue weighted by molar-refractivity contribution is 5.94. The van der Waals surface area contributed by atoms with Crippen LogP contribution >= 0.6 is 0 Å². The van der Waals surface area contributed by atoms with Gasteiger partial charge in [-0.3, -0.25) is 4.90 Å². The van der Waals surface area contributed by atoms with Gasteiger partial charge in [0.2, 0.25) is 0 Å². The summed E-state index contributed by atoms with van der Waals surface area (Å²) in [6, 6.07) is 14.2. The van der Waals surface area contributed by atoms with Gasteiger partial charge in [-0.05, 0) is 90.0 Å². The molecule has 0 atom stereocenters. The highest BCUT2D eigenvalue weighted by Gasteiger charge is 2.30. The number of likely N-dealkylation sites (tertiary alicyclic amines) is 1. The largest absolute Gasteiger partial charge is 0.495 e. The van der Waals surface area contributed by atoms with Gasteiger partial charge in [0.1, 0.15) is 17.9 Å². The smallest absolute Gasteiger partial charge is 0.415 e. The van der Waals surface area contributed by atoms with Gasteiger partial charge in [0.15, 0.2) is 0 Å². The Labute approximate surface area is 239 Å². The Bertz CT molecular complexity index is 1420. The quantitative estimate of drug-likeness (QED) is 0.343. The summed E-state index contributed by atoms with van der Waals surface area (Å²) in [6.45, 7) is 5.88. The van der Waals surface area contributed by atoms with E-state index >= 15 is 0 Å². The summed E-state index contributed by atoms with van der Waals surface area (Å²) in [7, 11) is 3.57. The van der Waals surface area contributed by atoms with E-state index in [9.17, 15) is 18.0 Å². The van der Waals surface area contributed by atoms with E-state index in [1.807, 2.05) is 6.07 Å². The Kier molecular flexibility index (Phi) is 9.08. The number of aromatic nitrogens is 1. The van der Waals surface area contributed by atoms with Gasteiger partial charge in [0.05, 0.1) is 30.6 Å². The van der Waals surface area contributed by atoms with Crippen LogP contribution < -0.4 is 15.0 Å². The van der Waals surface area contributed by atoms with Gasteiger partial charge >= 0.3 is 12.3 Å². The molecule has 3 aromatic rings. The van der Waals surface area contributed by atoms with Gasteiger partial charge in [0.25, 0.3) is 0 Å². The monoisotopic (exact) mass is 570 g/mol. The number of alkyl halides is 3. The number of hydrogen-bond donors (Lipinski definition) is 1. The third kappa shape index (κ3) is 7.88. The molecule has 1 aliphatic heterocycles. The van der Waals surface area contributed by atoms with E-state index in [0.29, 0.717) is 22.3 Å². The molecule has 1 aromatic heterocycles. The number of amides is 1. The van der Waals surface area contributed by atoms with Gasteiger partial charge < -0.3 is 24.3 Å². The number of anilines is 2. The highest BCUT2D eigenvalue weighted by Crippen LogP contribution is 2.32. The van der Waals surface area contributed by atoms with Crippen LogP contribution in [0.15, 0.2) is 48.5 Å². The molecule has 1 saturated heterocycles. The fraction of sp³-hybridized carbons (Fsp3) is 0.452. The summed E-state index contributed by atoms with van der Waals surface area (Å²) >= 11 is 0. The third-order valence-corrected chi connectivity index (χ3v) is 6.80. The minimum absolute atomic E-state index is 0.121. The number of piperidine rings is 1. The zero-order valence-electron chi connectivity index (χ0n) is 24.1. The molecule has 2 heterocycles. The molecule has 1 fully saturated rings. The number of para-hydroxylation sites is 2. The lowest BCUT2D eigenvalue weighted by molar-refractivity contribution is -0.140. The number of hydrogen-bond acceptors (Lipinski definition) is 5. The molecule has 41 heavy (non-hydrogen) atoms. The van der Waals surface area contributed by atoms with Crippen LogP contribution in [0.3, 0.4) is 0 Å². The molecule has 2 aromatic carbocycles. The average molecular weight is 571 g/mol. The van der Waals surface area contributed by atoms with Crippen molar-refractivity contribution < 1.29 is 27.4 Å². The van der Waals surface area contributed by atoms with Crippen molar-refractivity contribution >= 4 is 28.4 Å². The SMILES string of the molecule is COc1ccccc1N(CC#Cc1cc2c(NC3CCN(C)CC3)cccc2n1CC(F)(F)F)C(=O)OC(C)(C)C. The van der Waals surface area contributed by atoms with E-state index in [0.717, 1.165) is 31.6 Å². The zero-order chi connectivity index (χ0) is 29.8. The topological polar surface area (TPSA) is 59.0 Å². The molecule has 10 heteroatoms. The molecule has 220 valence electrons. The standard InChI is InChI=1S/C31H37F3N4O3/c1-30(2,3)41-29(39)37(27-12-6-7-14-28(27)40-5)17-9-10-23-20-24-25(35-22-15-18-36(4)19-16-22)11-8-13-26(24)38(23)21-31(32,33)34/h6-8,11-14,20,22,35H,15-19,21H2,1-5H3. The van der Waals surface area contributed by atoms with E-state index < -0.39 is 24.4 Å². The molecular formula is C31H37F3N4O3. The number of nitrogens with zero attached hydrogens (tertiary/aromatic N) is 3. The molecule has 0 saturated carbocycles. The number of fused-ring (bicyclic) bond motifs is 1. The number of benzene rings is 2. The predicted octanol–water partition coefficient (Wildman–Crippen LogP) is 6.51. The Morgan fingerprint density at radius 2 is 1.80 bits per heavy atom. The second kappa shape index (κ2) is 12.4. The Balaban J connectivity index is 1.70. The van der Waals surface area contributed by atoms with Crippen molar-refractivity contribution in [3.63, 3.8) is 0 Å². The summed E-state index contributed by atoms with van der Waals surface area (Å²) in [5, 5.41) is 4.21. The molecule has 0 radical (unpaired) electrons. The highest BCUT2D eigenvalue weighted by atomic mass is 19.4. The second-order valence-electron chi connectivity index (χ2n) is 11.2. The number of carbonyl (C=O) groups excluding carboxylic acids is 1. The minimum Gasteiger partial charge on any atom is -0.495 e. The minimum atomic E-state index is -4.44. The number of rotatable bonds is 6. The van der Waals surface area contributed by atoms with Crippen molar-refractivity contribution in [2.75, 3.05) is 44.0 Å². The number of carbonyl (C=O) groups is 1. The van der Waals surface area contributed by atoms with Crippen LogP contribution in [-0.2, 0) is 11.3 Å². The Morgan fingerprint density at radius 3 is 2.46 bits per heavy atom. The van der Waals surface area contributed by atoms with Crippen LogP contribution in [-0.4, -0.2) is 67.2 Å². The molecule has 4 rings (SSSR count). The van der Waals surface area contributed by atoms with E-state index in [2.05, 4.69) is 29.1 Å². The fourth-order valence-corrected chi connectivity index (χ4v) is 4.86. The first-order valence-corrected chi connectivity index (χ1v) is 13.6. The van der Waals surface area contributed by atoms with E-state index in [1.54, 1.807) is 63.2 Å². The Hall–Kier alpha value is -3.84. The molecule has 0 unspecified atom stereocenters. The van der Waals surface area contributed by atoms with Crippen molar-refractivity contribution in [2.24, 2.45) is 0 Å². The maximum absolute atomic E-state index is 13.7. The third-order valence-electron chi connectivity index (χ3n) is 6.80. The van der Waals surface area contributed by atoms with Crippen molar-refractivity contribution in [2.45, 2.75) is 58.0 Å². The van der Waals surface area contributed by atoms with Crippen LogP contribution in [0.25, 0.3) is 10.9 Å². The summed E-state index contributed by atoms with van der Waals surface area (Å²) in [5.74, 6) is 6.26. The lowest BCUT2D eigenvalue weighted by Crippen LogP contribution is -2.37. The lowest BCUT2D eigenvalue weighted by atomic mass is 10.0. The van der Waals surface area contributed by atoms with Crippen molar-refractivity contribution in [3.8, 4) is 17.6 Å². The second-order valence-corrected chi connectivity index (χ2v) is 11.2. The van der Waals surface area contributed by atoms with E-state index in [-0.39, 0.29) is 18.3 Å². The summed E-state index contributed by atoms with van der Waals surface area (Å²) < 4.78 is 53.2. The number of ether oxygens (including phenoxy) is 2. The summed E-state index contributed by atoms with van der Waals surface area (Å²) in [6.07, 6.45) is -3.19. The number of nitrogens with one attached hydrogen (secondary N) is 1. The van der Waals surface area contributed by atoms with Gasteiger partial charge in [-0.15, -0.1) is 0 Å². The average Bonchev–Trinajstić information content (AvgIpc) is 3.23. The Morgan fingerprint density at radius 1 is 1.10 bits per heavy atom. The van der Waals surface area contributed by atoms with Gasteiger partial charge in [-0.2, -0.15) is 13.2 Å². The van der Waals surface area contributed by atoms with E-state index in [1.165, 1.54) is 16.6 Å². The van der Waals surface area contributed by atoms with Crippen LogP contribution in [0.1, 0.15) is 39.3 Å². The molecule has 0 spiro atoms. The van der Waals surface area contributed by atoms with Crippen LogP contribution in [0.2, 0.25) is 0 Å². The number of halogens is 3. The number of methoxy groups -OCH3 is 1.